The highest BCUT2D eigenvalue weighted by molar-refractivity contribution is 9.10. The monoisotopic (exact) mass is 794 g/mol. The summed E-state index contributed by atoms with van der Waals surface area (Å²) in [5.74, 6) is 0.851. The number of nitrogens with zero attached hydrogens (tertiary/aromatic N) is 6. The molecule has 0 saturated carbocycles. The van der Waals surface area contributed by atoms with E-state index in [1.54, 1.807) is 22.9 Å². The average molecular weight is 797 g/mol. The summed E-state index contributed by atoms with van der Waals surface area (Å²) in [6.07, 6.45) is 8.80. The number of aromatic nitrogens is 4. The Morgan fingerprint density at radius 1 is 0.688 bits per heavy atom. The first-order valence-electron chi connectivity index (χ1n) is 16.3. The van der Waals surface area contributed by atoms with E-state index in [9.17, 15) is 9.59 Å². The zero-order valence-electron chi connectivity index (χ0n) is 27.7. The number of fused-ring (bicyclic) bond motifs is 2. The Labute approximate surface area is 309 Å². The molecular weight excluding hydrogens is 758 g/mol. The topological polar surface area (TPSA) is 76.3 Å². The van der Waals surface area contributed by atoms with E-state index in [-0.39, 0.29) is 23.2 Å². The molecule has 0 radical (unpaired) electrons. The third-order valence-electron chi connectivity index (χ3n) is 9.06. The lowest BCUT2D eigenvalue weighted by atomic mass is 10.1. The van der Waals surface area contributed by atoms with E-state index in [1.807, 2.05) is 39.6 Å². The van der Waals surface area contributed by atoms with Crippen molar-refractivity contribution in [3.63, 3.8) is 0 Å². The fourth-order valence-electron chi connectivity index (χ4n) is 6.68. The van der Waals surface area contributed by atoms with Crippen LogP contribution in [-0.4, -0.2) is 32.2 Å². The molecule has 48 heavy (non-hydrogen) atoms. The minimum atomic E-state index is -0.0919. The molecule has 13 heteroatoms. The summed E-state index contributed by atoms with van der Waals surface area (Å²) in [6, 6.07) is 7.57. The first kappa shape index (κ1) is 36.7. The van der Waals surface area contributed by atoms with Crippen molar-refractivity contribution in [2.24, 2.45) is 0 Å². The van der Waals surface area contributed by atoms with E-state index in [0.29, 0.717) is 49.4 Å². The van der Waals surface area contributed by atoms with Gasteiger partial charge in [-0.1, -0.05) is 74.1 Å². The Morgan fingerprint density at radius 2 is 1.10 bits per heavy atom. The van der Waals surface area contributed by atoms with Gasteiger partial charge in [0.05, 0.1) is 27.1 Å². The van der Waals surface area contributed by atoms with Crippen LogP contribution < -0.4 is 20.9 Å². The van der Waals surface area contributed by atoms with Gasteiger partial charge in [0.25, 0.3) is 11.1 Å². The molecule has 4 aromatic rings. The fourth-order valence-corrected chi connectivity index (χ4v) is 8.34. The fraction of sp³-hybridized carbons (Fsp3) is 0.429. The molecule has 256 valence electrons. The predicted octanol–water partition coefficient (Wildman–Crippen LogP) is 10.3. The Hall–Kier alpha value is -2.56. The average Bonchev–Trinajstić information content (AvgIpc) is 3.66. The highest BCUT2D eigenvalue weighted by Crippen LogP contribution is 2.42. The molecule has 2 aromatic carbocycles. The minimum Gasteiger partial charge on any atom is -0.320 e. The molecule has 0 spiro atoms. The number of benzene rings is 2. The van der Waals surface area contributed by atoms with Gasteiger partial charge < -0.3 is 18.9 Å². The van der Waals surface area contributed by atoms with Crippen LogP contribution in [0.4, 0.5) is 23.0 Å². The van der Waals surface area contributed by atoms with Gasteiger partial charge in [-0.2, -0.15) is 0 Å². The van der Waals surface area contributed by atoms with Crippen molar-refractivity contribution in [1.82, 2.24) is 19.1 Å². The first-order chi connectivity index (χ1) is 22.9. The predicted molar refractivity (Wildman–Crippen MR) is 203 cm³/mol. The molecule has 0 aliphatic carbocycles. The molecule has 0 N–H and O–H groups in total. The van der Waals surface area contributed by atoms with Crippen molar-refractivity contribution in [3.8, 4) is 0 Å². The van der Waals surface area contributed by atoms with Gasteiger partial charge in [-0.25, -0.2) is 9.97 Å². The number of anilines is 4. The molecule has 0 saturated heterocycles. The summed E-state index contributed by atoms with van der Waals surface area (Å²) in [6.45, 7) is 11.6. The maximum Gasteiger partial charge on any atom is 0.294 e. The molecule has 2 aliphatic heterocycles. The van der Waals surface area contributed by atoms with Gasteiger partial charge in [-0.15, -0.1) is 0 Å². The smallest absolute Gasteiger partial charge is 0.294 e. The standard InChI is InChI=1S/C18H21Cl2N3O.C17H18BrCl2N3O/c1-4-14(5-2)23-10-11(3)21-17(18(23)24)22-7-6-12-8-13(19)9-15(20)16(12)22;1-3-12(4-2)23-9-14(18)21-16(17(23)24)22-6-5-10-7-11(19)8-13(20)15(10)22/h8-10,14H,4-7H2,1-3H3;7-9,12H,3-6H2,1-2H3. The van der Waals surface area contributed by atoms with Crippen LogP contribution in [0.25, 0.3) is 0 Å². The van der Waals surface area contributed by atoms with Gasteiger partial charge in [0.15, 0.2) is 5.82 Å². The summed E-state index contributed by atoms with van der Waals surface area (Å²) in [4.78, 5) is 38.9. The molecule has 0 atom stereocenters. The second-order valence-electron chi connectivity index (χ2n) is 12.1. The van der Waals surface area contributed by atoms with E-state index in [0.717, 1.165) is 66.7 Å². The van der Waals surface area contributed by atoms with Gasteiger partial charge in [-0.3, -0.25) is 9.59 Å². The van der Waals surface area contributed by atoms with Crippen LogP contribution in [0.15, 0.2) is 50.9 Å². The van der Waals surface area contributed by atoms with Crippen LogP contribution in [-0.2, 0) is 12.8 Å². The van der Waals surface area contributed by atoms with Crippen molar-refractivity contribution in [2.45, 2.75) is 85.2 Å². The van der Waals surface area contributed by atoms with Crippen LogP contribution >= 0.6 is 62.3 Å². The van der Waals surface area contributed by atoms with Gasteiger partial charge >= 0.3 is 0 Å². The van der Waals surface area contributed by atoms with E-state index in [1.165, 1.54) is 0 Å². The highest BCUT2D eigenvalue weighted by Gasteiger charge is 2.30. The largest absolute Gasteiger partial charge is 0.320 e. The van der Waals surface area contributed by atoms with Crippen LogP contribution in [0, 0.1) is 6.92 Å². The van der Waals surface area contributed by atoms with E-state index >= 15 is 0 Å². The Kier molecular flexibility index (Phi) is 11.9. The number of hydrogen-bond acceptors (Lipinski definition) is 6. The second kappa shape index (κ2) is 15.5. The maximum absolute atomic E-state index is 13.0. The molecule has 0 fully saturated rings. The molecule has 0 amide bonds. The van der Waals surface area contributed by atoms with Crippen molar-refractivity contribution in [3.05, 3.63) is 98.9 Å². The number of aryl methyl sites for hydroxylation is 1. The van der Waals surface area contributed by atoms with Crippen molar-refractivity contribution in [2.75, 3.05) is 22.9 Å². The van der Waals surface area contributed by atoms with Crippen molar-refractivity contribution in [1.29, 1.82) is 0 Å². The maximum atomic E-state index is 13.0. The Balaban J connectivity index is 0.000000188. The summed E-state index contributed by atoms with van der Waals surface area (Å²) in [7, 11) is 0. The molecule has 8 nitrogen and oxygen atoms in total. The lowest BCUT2D eigenvalue weighted by molar-refractivity contribution is 0.455. The molecule has 0 bridgehead atoms. The van der Waals surface area contributed by atoms with E-state index < -0.39 is 0 Å². The lowest BCUT2D eigenvalue weighted by Gasteiger charge is -2.23. The van der Waals surface area contributed by atoms with Gasteiger partial charge in [0.2, 0.25) is 5.82 Å². The number of hydrogen-bond donors (Lipinski definition) is 0. The molecule has 2 aromatic heterocycles. The third-order valence-corrected chi connectivity index (χ3v) is 10.5. The van der Waals surface area contributed by atoms with Crippen LogP contribution in [0.1, 0.15) is 82.3 Å². The van der Waals surface area contributed by atoms with Gasteiger partial charge in [-0.05, 0) is 96.8 Å². The molecule has 6 rings (SSSR count). The van der Waals surface area contributed by atoms with E-state index in [4.69, 9.17) is 46.4 Å². The van der Waals surface area contributed by atoms with Crippen LogP contribution in [0.2, 0.25) is 20.1 Å². The Bertz CT molecular complexity index is 1800. The number of rotatable bonds is 8. The quantitative estimate of drug-likeness (QED) is 0.177. The summed E-state index contributed by atoms with van der Waals surface area (Å²) < 4.78 is 4.23. The third kappa shape index (κ3) is 7.31. The van der Waals surface area contributed by atoms with Crippen LogP contribution in [0.5, 0.6) is 0 Å². The molecule has 0 unspecified atom stereocenters. The summed E-state index contributed by atoms with van der Waals surface area (Å²) >= 11 is 28.4. The summed E-state index contributed by atoms with van der Waals surface area (Å²) in [5.41, 5.74) is 4.47. The van der Waals surface area contributed by atoms with E-state index in [2.05, 4.69) is 53.6 Å². The highest BCUT2D eigenvalue weighted by atomic mass is 79.9. The minimum absolute atomic E-state index is 0.0619. The molecule has 4 heterocycles. The first-order valence-corrected chi connectivity index (χ1v) is 18.6. The van der Waals surface area contributed by atoms with Gasteiger partial charge in [0.1, 0.15) is 4.60 Å². The lowest BCUT2D eigenvalue weighted by Crippen LogP contribution is -2.32. The zero-order valence-corrected chi connectivity index (χ0v) is 32.3. The number of halogens is 5. The summed E-state index contributed by atoms with van der Waals surface area (Å²) in [5, 5.41) is 2.33. The molecule has 2 aliphatic rings. The zero-order chi connectivity index (χ0) is 34.9. The second-order valence-corrected chi connectivity index (χ2v) is 14.6. The van der Waals surface area contributed by atoms with Crippen molar-refractivity contribution >= 4 is 85.3 Å². The van der Waals surface area contributed by atoms with Gasteiger partial charge in [0, 0.05) is 47.6 Å². The van der Waals surface area contributed by atoms with Crippen molar-refractivity contribution < 1.29 is 0 Å². The van der Waals surface area contributed by atoms with Crippen LogP contribution in [0.3, 0.4) is 0 Å². The normalized spacial score (nSPS) is 13.7. The SMILES string of the molecule is CCC(CC)n1cc(Br)nc(N2CCc3cc(Cl)cc(Cl)c32)c1=O.CCC(CC)n1cc(C)nc(N2CCc3cc(Cl)cc(Cl)c32)c1=O. The Morgan fingerprint density at radius 3 is 1.54 bits per heavy atom. The molecular formula is C35H39BrCl4N6O2.